The molecule has 2 heterocycles. The van der Waals surface area contributed by atoms with Crippen LogP contribution in [0.5, 0.6) is 0 Å². The molecule has 0 spiro atoms. The van der Waals surface area contributed by atoms with E-state index in [4.69, 9.17) is 16.1 Å². The van der Waals surface area contributed by atoms with Crippen LogP contribution in [0.25, 0.3) is 11.4 Å². The van der Waals surface area contributed by atoms with E-state index in [9.17, 15) is 4.79 Å². The van der Waals surface area contributed by atoms with Crippen molar-refractivity contribution in [3.8, 4) is 11.4 Å². The summed E-state index contributed by atoms with van der Waals surface area (Å²) in [6.07, 6.45) is 2.87. The number of aryl methyl sites for hydroxylation is 1. The van der Waals surface area contributed by atoms with Crippen molar-refractivity contribution in [3.63, 3.8) is 0 Å². The second kappa shape index (κ2) is 9.17. The molecule has 3 rings (SSSR count). The smallest absolute Gasteiger partial charge is 0.227 e. The van der Waals surface area contributed by atoms with E-state index in [1.165, 1.54) is 0 Å². The van der Waals surface area contributed by atoms with Gasteiger partial charge in [-0.05, 0) is 44.2 Å². The lowest BCUT2D eigenvalue weighted by Gasteiger charge is -2.31. The van der Waals surface area contributed by atoms with Gasteiger partial charge in [0.1, 0.15) is 0 Å². The Balaban J connectivity index is 0.00000225. The largest absolute Gasteiger partial charge is 0.343 e. The second-order valence-corrected chi connectivity index (χ2v) is 6.40. The van der Waals surface area contributed by atoms with E-state index in [-0.39, 0.29) is 18.3 Å². The van der Waals surface area contributed by atoms with E-state index in [2.05, 4.69) is 15.5 Å². The lowest BCUT2D eigenvalue weighted by atomic mass is 10.0. The first-order chi connectivity index (χ1) is 11.7. The predicted octanol–water partition coefficient (Wildman–Crippen LogP) is 2.95. The molecule has 0 atom stereocenters. The Hall–Kier alpha value is -1.63. The van der Waals surface area contributed by atoms with Gasteiger partial charge in [-0.15, -0.1) is 12.4 Å². The molecule has 1 aliphatic heterocycles. The lowest BCUT2D eigenvalue weighted by Crippen LogP contribution is -2.44. The molecular formula is C17H22Cl2N4O2. The monoisotopic (exact) mass is 384 g/mol. The number of carbonyl (C=O) groups excluding carboxylic acids is 1. The van der Waals surface area contributed by atoms with Crippen LogP contribution in [0.3, 0.4) is 0 Å². The first-order valence-corrected chi connectivity index (χ1v) is 8.57. The summed E-state index contributed by atoms with van der Waals surface area (Å²) in [6.45, 7) is 1.62. The Morgan fingerprint density at radius 3 is 2.64 bits per heavy atom. The molecule has 1 N–H and O–H groups in total. The average Bonchev–Trinajstić information content (AvgIpc) is 3.09. The van der Waals surface area contributed by atoms with Gasteiger partial charge in [-0.25, -0.2) is 0 Å². The average molecular weight is 385 g/mol. The number of rotatable bonds is 5. The van der Waals surface area contributed by atoms with Crippen molar-refractivity contribution >= 4 is 29.9 Å². The highest BCUT2D eigenvalue weighted by molar-refractivity contribution is 6.30. The highest BCUT2D eigenvalue weighted by Gasteiger charge is 2.22. The van der Waals surface area contributed by atoms with Crippen LogP contribution in [-0.2, 0) is 11.2 Å². The summed E-state index contributed by atoms with van der Waals surface area (Å²) in [4.78, 5) is 18.6. The molecule has 2 aromatic rings. The second-order valence-electron chi connectivity index (χ2n) is 5.96. The van der Waals surface area contributed by atoms with Crippen molar-refractivity contribution in [1.82, 2.24) is 20.4 Å². The molecule has 1 aromatic heterocycles. The normalized spacial score (nSPS) is 15.0. The minimum absolute atomic E-state index is 0. The number of amides is 1. The lowest BCUT2D eigenvalue weighted by molar-refractivity contribution is -0.132. The van der Waals surface area contributed by atoms with Crippen LogP contribution >= 0.6 is 24.0 Å². The molecule has 0 radical (unpaired) electrons. The number of hydrogen-bond donors (Lipinski definition) is 1. The van der Waals surface area contributed by atoms with Gasteiger partial charge in [0.15, 0.2) is 0 Å². The topological polar surface area (TPSA) is 71.3 Å². The van der Waals surface area contributed by atoms with Crippen molar-refractivity contribution in [2.75, 3.05) is 20.1 Å². The summed E-state index contributed by atoms with van der Waals surface area (Å²) in [7, 11) is 1.97. The molecule has 8 heteroatoms. The maximum Gasteiger partial charge on any atom is 0.227 e. The van der Waals surface area contributed by atoms with Crippen molar-refractivity contribution < 1.29 is 9.32 Å². The van der Waals surface area contributed by atoms with E-state index in [0.29, 0.717) is 35.6 Å². The third-order valence-electron chi connectivity index (χ3n) is 4.38. The van der Waals surface area contributed by atoms with E-state index >= 15 is 0 Å². The van der Waals surface area contributed by atoms with E-state index in [0.717, 1.165) is 31.5 Å². The Morgan fingerprint density at radius 1 is 1.32 bits per heavy atom. The van der Waals surface area contributed by atoms with Gasteiger partial charge in [0.05, 0.1) is 0 Å². The number of piperidine rings is 1. The number of nitrogens with one attached hydrogen (secondary N) is 1. The Labute approximate surface area is 158 Å². The van der Waals surface area contributed by atoms with Gasteiger partial charge < -0.3 is 14.7 Å². The van der Waals surface area contributed by atoms with Gasteiger partial charge in [-0.3, -0.25) is 4.79 Å². The maximum atomic E-state index is 12.3. The van der Waals surface area contributed by atoms with Gasteiger partial charge in [-0.2, -0.15) is 4.98 Å². The van der Waals surface area contributed by atoms with Crippen LogP contribution in [-0.4, -0.2) is 47.1 Å². The highest BCUT2D eigenvalue weighted by Crippen LogP contribution is 2.19. The summed E-state index contributed by atoms with van der Waals surface area (Å²) in [5, 5.41) is 7.89. The van der Waals surface area contributed by atoms with Crippen LogP contribution in [0, 0.1) is 0 Å². The Bertz CT molecular complexity index is 682. The number of hydrogen-bond acceptors (Lipinski definition) is 5. The van der Waals surface area contributed by atoms with Crippen molar-refractivity contribution in [3.05, 3.63) is 35.2 Å². The van der Waals surface area contributed by atoms with E-state index in [1.54, 1.807) is 12.1 Å². The molecule has 25 heavy (non-hydrogen) atoms. The third kappa shape index (κ3) is 5.17. The van der Waals surface area contributed by atoms with Crippen LogP contribution in [0.2, 0.25) is 5.02 Å². The predicted molar refractivity (Wildman–Crippen MR) is 99.0 cm³/mol. The van der Waals surface area contributed by atoms with Gasteiger partial charge in [0, 0.05) is 42.6 Å². The van der Waals surface area contributed by atoms with Crippen LogP contribution in [0.15, 0.2) is 28.8 Å². The summed E-state index contributed by atoms with van der Waals surface area (Å²) in [6, 6.07) is 7.77. The molecule has 136 valence electrons. The first-order valence-electron chi connectivity index (χ1n) is 8.19. The quantitative estimate of drug-likeness (QED) is 0.857. The molecule has 1 saturated heterocycles. The molecule has 0 bridgehead atoms. The Morgan fingerprint density at radius 2 is 2.00 bits per heavy atom. The number of benzene rings is 1. The molecule has 0 saturated carbocycles. The zero-order chi connectivity index (χ0) is 16.9. The molecule has 0 aliphatic carbocycles. The van der Waals surface area contributed by atoms with Crippen molar-refractivity contribution in [2.45, 2.75) is 31.7 Å². The molecule has 1 aliphatic rings. The summed E-state index contributed by atoms with van der Waals surface area (Å²) < 4.78 is 5.25. The molecule has 0 unspecified atom stereocenters. The molecule has 1 amide bonds. The molecule has 1 fully saturated rings. The number of nitrogens with zero attached hydrogens (tertiary/aromatic N) is 3. The summed E-state index contributed by atoms with van der Waals surface area (Å²) in [5.41, 5.74) is 0.842. The van der Waals surface area contributed by atoms with Gasteiger partial charge in [0.2, 0.25) is 17.6 Å². The van der Waals surface area contributed by atoms with Crippen LogP contribution < -0.4 is 5.32 Å². The van der Waals surface area contributed by atoms with Crippen LogP contribution in [0.4, 0.5) is 0 Å². The Kier molecular flexibility index (Phi) is 7.23. The van der Waals surface area contributed by atoms with Crippen molar-refractivity contribution in [2.24, 2.45) is 0 Å². The molecule has 6 nitrogen and oxygen atoms in total. The third-order valence-corrected chi connectivity index (χ3v) is 4.63. The number of aromatic nitrogens is 2. The number of halogens is 2. The van der Waals surface area contributed by atoms with Gasteiger partial charge in [0.25, 0.3) is 0 Å². The van der Waals surface area contributed by atoms with E-state index < -0.39 is 0 Å². The fraction of sp³-hybridized carbons (Fsp3) is 0.471. The minimum Gasteiger partial charge on any atom is -0.343 e. The number of carbonyl (C=O) groups is 1. The van der Waals surface area contributed by atoms with E-state index in [1.807, 2.05) is 24.1 Å². The fourth-order valence-corrected chi connectivity index (χ4v) is 2.99. The first kappa shape index (κ1) is 19.7. The van der Waals surface area contributed by atoms with Crippen LogP contribution in [0.1, 0.15) is 25.2 Å². The SMILES string of the molecule is CNC1CCN(C(=O)CCc2nc(-c3ccc(Cl)cc3)no2)CC1.Cl. The fourth-order valence-electron chi connectivity index (χ4n) is 2.86. The zero-order valence-corrected chi connectivity index (χ0v) is 15.6. The molecule has 1 aromatic carbocycles. The maximum absolute atomic E-state index is 12.3. The van der Waals surface area contributed by atoms with Crippen molar-refractivity contribution in [1.29, 1.82) is 0 Å². The summed E-state index contributed by atoms with van der Waals surface area (Å²) >= 11 is 5.87. The summed E-state index contributed by atoms with van der Waals surface area (Å²) in [5.74, 6) is 1.15. The highest BCUT2D eigenvalue weighted by atomic mass is 35.5. The van der Waals surface area contributed by atoms with Gasteiger partial charge in [-0.1, -0.05) is 16.8 Å². The minimum atomic E-state index is 0. The van der Waals surface area contributed by atoms with Gasteiger partial charge >= 0.3 is 0 Å². The zero-order valence-electron chi connectivity index (χ0n) is 14.1. The number of likely N-dealkylation sites (tertiary alicyclic amines) is 1. The molecular weight excluding hydrogens is 363 g/mol. The standard InChI is InChI=1S/C17H21ClN4O2.ClH/c1-19-14-8-10-22(11-9-14)16(23)7-6-15-20-17(21-24-15)12-2-4-13(18)5-3-12;/h2-5,14,19H,6-11H2,1H3;1H.